The van der Waals surface area contributed by atoms with Gasteiger partial charge in [0, 0.05) is 6.08 Å². The topological polar surface area (TPSA) is 35.5 Å². The zero-order chi connectivity index (χ0) is 11.2. The standard InChI is InChI=1S/C10H20O3Si/c1-6-9(11)12-14(8-3)13-10(4,5)7-2/h6,14H,1,7-8H2,2-5H3. The van der Waals surface area contributed by atoms with Gasteiger partial charge in [-0.15, -0.1) is 0 Å². The molecule has 0 heterocycles. The molecule has 0 radical (unpaired) electrons. The highest BCUT2D eigenvalue weighted by Crippen LogP contribution is 2.16. The molecule has 0 spiro atoms. The minimum absolute atomic E-state index is 0.200. The summed E-state index contributed by atoms with van der Waals surface area (Å²) in [4.78, 5) is 11.0. The number of hydrogen-bond acceptors (Lipinski definition) is 3. The molecular formula is C10H20O3Si. The molecule has 0 aromatic rings. The van der Waals surface area contributed by atoms with Crippen molar-refractivity contribution in [1.29, 1.82) is 0 Å². The van der Waals surface area contributed by atoms with Gasteiger partial charge in [0.15, 0.2) is 0 Å². The first-order valence-electron chi connectivity index (χ1n) is 4.96. The molecular weight excluding hydrogens is 196 g/mol. The van der Waals surface area contributed by atoms with E-state index in [-0.39, 0.29) is 11.6 Å². The van der Waals surface area contributed by atoms with E-state index in [4.69, 9.17) is 8.85 Å². The van der Waals surface area contributed by atoms with Gasteiger partial charge in [-0.3, -0.25) is 0 Å². The van der Waals surface area contributed by atoms with Crippen LogP contribution in [0.15, 0.2) is 12.7 Å². The van der Waals surface area contributed by atoms with Crippen LogP contribution >= 0.6 is 0 Å². The van der Waals surface area contributed by atoms with E-state index in [1.807, 2.05) is 20.8 Å². The van der Waals surface area contributed by atoms with Crippen LogP contribution in [-0.2, 0) is 13.6 Å². The fourth-order valence-corrected chi connectivity index (χ4v) is 2.42. The van der Waals surface area contributed by atoms with Crippen molar-refractivity contribution in [1.82, 2.24) is 0 Å². The molecule has 82 valence electrons. The second-order valence-corrected chi connectivity index (χ2v) is 5.86. The molecule has 0 aromatic heterocycles. The van der Waals surface area contributed by atoms with Gasteiger partial charge in [0.25, 0.3) is 0 Å². The number of hydrogen-bond donors (Lipinski definition) is 0. The minimum Gasteiger partial charge on any atom is -0.493 e. The first kappa shape index (κ1) is 13.4. The Morgan fingerprint density at radius 1 is 1.50 bits per heavy atom. The Hall–Kier alpha value is -0.613. The molecule has 3 nitrogen and oxygen atoms in total. The Bertz CT molecular complexity index is 202. The van der Waals surface area contributed by atoms with Crippen LogP contribution in [0.2, 0.25) is 6.04 Å². The van der Waals surface area contributed by atoms with Crippen LogP contribution in [0.25, 0.3) is 0 Å². The Kier molecular flexibility index (Phi) is 5.72. The van der Waals surface area contributed by atoms with Crippen molar-refractivity contribution in [2.45, 2.75) is 45.8 Å². The van der Waals surface area contributed by atoms with Crippen LogP contribution in [0.3, 0.4) is 0 Å². The Balaban J connectivity index is 4.15. The molecule has 0 aliphatic carbocycles. The quantitative estimate of drug-likeness (QED) is 0.504. The van der Waals surface area contributed by atoms with E-state index in [2.05, 4.69) is 13.5 Å². The summed E-state index contributed by atoms with van der Waals surface area (Å²) in [5.41, 5.74) is -0.200. The first-order chi connectivity index (χ1) is 6.45. The largest absolute Gasteiger partial charge is 0.493 e. The summed E-state index contributed by atoms with van der Waals surface area (Å²) in [5, 5.41) is 0. The maximum absolute atomic E-state index is 11.0. The molecule has 0 aliphatic rings. The highest BCUT2D eigenvalue weighted by atomic mass is 28.3. The summed E-state index contributed by atoms with van der Waals surface area (Å²) >= 11 is 0. The lowest BCUT2D eigenvalue weighted by Gasteiger charge is -2.28. The van der Waals surface area contributed by atoms with E-state index < -0.39 is 9.28 Å². The summed E-state index contributed by atoms with van der Waals surface area (Å²) in [6.07, 6.45) is 2.08. The van der Waals surface area contributed by atoms with Crippen LogP contribution in [-0.4, -0.2) is 20.9 Å². The van der Waals surface area contributed by atoms with Crippen molar-refractivity contribution in [2.75, 3.05) is 0 Å². The van der Waals surface area contributed by atoms with Gasteiger partial charge in [0.2, 0.25) is 0 Å². The van der Waals surface area contributed by atoms with Gasteiger partial charge in [-0.2, -0.15) is 0 Å². The SMILES string of the molecule is C=CC(=O)O[SiH](CC)OC(C)(C)CC. The molecule has 0 N–H and O–H groups in total. The van der Waals surface area contributed by atoms with Gasteiger partial charge in [-0.1, -0.05) is 20.4 Å². The molecule has 0 bridgehead atoms. The fourth-order valence-electron chi connectivity index (χ4n) is 0.808. The molecule has 14 heavy (non-hydrogen) atoms. The van der Waals surface area contributed by atoms with Crippen LogP contribution in [0.1, 0.15) is 34.1 Å². The highest BCUT2D eigenvalue weighted by Gasteiger charge is 2.24. The first-order valence-corrected chi connectivity index (χ1v) is 6.72. The Morgan fingerprint density at radius 3 is 2.43 bits per heavy atom. The van der Waals surface area contributed by atoms with Crippen molar-refractivity contribution in [3.05, 3.63) is 12.7 Å². The van der Waals surface area contributed by atoms with Crippen molar-refractivity contribution < 1.29 is 13.6 Å². The lowest BCUT2D eigenvalue weighted by atomic mass is 10.1. The van der Waals surface area contributed by atoms with E-state index in [9.17, 15) is 4.79 Å². The summed E-state index contributed by atoms with van der Waals surface area (Å²) < 4.78 is 10.9. The van der Waals surface area contributed by atoms with Crippen LogP contribution < -0.4 is 0 Å². The third kappa shape index (κ3) is 5.19. The third-order valence-electron chi connectivity index (χ3n) is 2.05. The number of carbonyl (C=O) groups excluding carboxylic acids is 1. The second kappa shape index (κ2) is 5.98. The van der Waals surface area contributed by atoms with Crippen LogP contribution in [0.5, 0.6) is 0 Å². The summed E-state index contributed by atoms with van der Waals surface area (Å²) in [5.74, 6) is -0.379. The lowest BCUT2D eigenvalue weighted by molar-refractivity contribution is -0.131. The van der Waals surface area contributed by atoms with Crippen molar-refractivity contribution in [3.8, 4) is 0 Å². The fraction of sp³-hybridized carbons (Fsp3) is 0.700. The summed E-state index contributed by atoms with van der Waals surface area (Å²) in [6, 6.07) is 0.781. The zero-order valence-electron chi connectivity index (χ0n) is 9.50. The molecule has 0 aromatic carbocycles. The average Bonchev–Trinajstić information content (AvgIpc) is 2.16. The summed E-state index contributed by atoms with van der Waals surface area (Å²) in [7, 11) is -1.85. The predicted octanol–water partition coefficient (Wildman–Crippen LogP) is 2.16. The van der Waals surface area contributed by atoms with Gasteiger partial charge < -0.3 is 8.85 Å². The van der Waals surface area contributed by atoms with Gasteiger partial charge in [-0.25, -0.2) is 4.79 Å². The van der Waals surface area contributed by atoms with Crippen LogP contribution in [0.4, 0.5) is 0 Å². The van der Waals surface area contributed by atoms with E-state index in [0.29, 0.717) is 0 Å². The molecule has 0 amide bonds. The molecule has 4 heteroatoms. The van der Waals surface area contributed by atoms with Crippen molar-refractivity contribution in [3.63, 3.8) is 0 Å². The second-order valence-electron chi connectivity index (χ2n) is 3.71. The average molecular weight is 216 g/mol. The smallest absolute Gasteiger partial charge is 0.385 e. The Morgan fingerprint density at radius 2 is 2.07 bits per heavy atom. The molecule has 0 saturated heterocycles. The molecule has 1 atom stereocenters. The molecule has 0 rings (SSSR count). The zero-order valence-corrected chi connectivity index (χ0v) is 10.7. The van der Waals surface area contributed by atoms with E-state index >= 15 is 0 Å². The molecule has 0 aliphatic heterocycles. The third-order valence-corrected chi connectivity index (χ3v) is 4.11. The highest BCUT2D eigenvalue weighted by molar-refractivity contribution is 6.47. The maximum Gasteiger partial charge on any atom is 0.385 e. The Labute approximate surface area is 87.9 Å². The van der Waals surface area contributed by atoms with E-state index in [1.54, 1.807) is 0 Å². The van der Waals surface area contributed by atoms with Crippen molar-refractivity contribution in [2.24, 2.45) is 0 Å². The van der Waals surface area contributed by atoms with Gasteiger partial charge >= 0.3 is 15.3 Å². The maximum atomic E-state index is 11.0. The lowest BCUT2D eigenvalue weighted by Crippen LogP contribution is -2.35. The molecule has 1 unspecified atom stereocenters. The van der Waals surface area contributed by atoms with Crippen molar-refractivity contribution >= 4 is 15.3 Å². The van der Waals surface area contributed by atoms with Gasteiger partial charge in [-0.05, 0) is 26.3 Å². The molecule has 0 fully saturated rings. The van der Waals surface area contributed by atoms with Gasteiger partial charge in [0.1, 0.15) is 0 Å². The predicted molar refractivity (Wildman–Crippen MR) is 59.4 cm³/mol. The van der Waals surface area contributed by atoms with Gasteiger partial charge in [0.05, 0.1) is 5.60 Å². The van der Waals surface area contributed by atoms with E-state index in [0.717, 1.165) is 12.5 Å². The number of carbonyl (C=O) groups is 1. The number of rotatable bonds is 6. The minimum atomic E-state index is -1.85. The normalized spacial score (nSPS) is 13.4. The molecule has 0 saturated carbocycles. The summed E-state index contributed by atoms with van der Waals surface area (Å²) in [6.45, 7) is 11.4. The van der Waals surface area contributed by atoms with E-state index in [1.165, 1.54) is 6.08 Å². The monoisotopic (exact) mass is 216 g/mol. The van der Waals surface area contributed by atoms with Crippen LogP contribution in [0, 0.1) is 0 Å².